The van der Waals surface area contributed by atoms with E-state index in [9.17, 15) is 5.11 Å². The van der Waals surface area contributed by atoms with Gasteiger partial charge in [-0.2, -0.15) is 0 Å². The second-order valence-electron chi connectivity index (χ2n) is 5.96. The Balaban J connectivity index is 2.66. The molecular formula is C18H24N2O. The Morgan fingerprint density at radius 1 is 0.952 bits per heavy atom. The first-order valence-corrected chi connectivity index (χ1v) is 7.14. The second kappa shape index (κ2) is 6.19. The van der Waals surface area contributed by atoms with Gasteiger partial charge >= 0.3 is 0 Å². The lowest BCUT2D eigenvalue weighted by atomic mass is 9.95. The maximum atomic E-state index is 10.3. The van der Waals surface area contributed by atoms with Crippen LogP contribution in [0, 0.1) is 6.92 Å². The minimum Gasteiger partial charge on any atom is -0.508 e. The number of hydrogen-bond donors (Lipinski definition) is 1. The molecule has 0 aromatic heterocycles. The van der Waals surface area contributed by atoms with E-state index in [1.807, 2.05) is 34.3 Å². The number of phenols is 1. The highest BCUT2D eigenvalue weighted by Gasteiger charge is 2.14. The number of rotatable bonds is 4. The molecule has 0 bridgehead atoms. The quantitative estimate of drug-likeness (QED) is 0.931. The fourth-order valence-electron chi connectivity index (χ4n) is 2.56. The van der Waals surface area contributed by atoms with Crippen molar-refractivity contribution in [2.75, 3.05) is 33.1 Å². The largest absolute Gasteiger partial charge is 0.508 e. The Hall–Kier alpha value is -2.00. The van der Waals surface area contributed by atoms with Gasteiger partial charge in [0.2, 0.25) is 0 Å². The normalized spacial score (nSPS) is 11.0. The first kappa shape index (κ1) is 15.4. The van der Waals surface area contributed by atoms with Crippen molar-refractivity contribution in [3.05, 3.63) is 47.5 Å². The highest BCUT2D eigenvalue weighted by molar-refractivity contribution is 5.82. The molecule has 2 aromatic rings. The zero-order valence-corrected chi connectivity index (χ0v) is 13.5. The van der Waals surface area contributed by atoms with Crippen LogP contribution in [0.25, 0.3) is 11.1 Å². The predicted molar refractivity (Wildman–Crippen MR) is 90.0 cm³/mol. The molecule has 0 spiro atoms. The van der Waals surface area contributed by atoms with Gasteiger partial charge in [0.25, 0.3) is 0 Å². The van der Waals surface area contributed by atoms with E-state index in [4.69, 9.17) is 0 Å². The van der Waals surface area contributed by atoms with Gasteiger partial charge in [0.1, 0.15) is 5.75 Å². The SMILES string of the molecule is Cc1ccc(N(C)C)c(-c2cccc(O)c2CN(C)C)c1. The molecule has 0 aliphatic carbocycles. The fourth-order valence-corrected chi connectivity index (χ4v) is 2.56. The van der Waals surface area contributed by atoms with Gasteiger partial charge in [0.05, 0.1) is 0 Å². The van der Waals surface area contributed by atoms with Crippen molar-refractivity contribution < 1.29 is 5.11 Å². The summed E-state index contributed by atoms with van der Waals surface area (Å²) in [4.78, 5) is 4.18. The Morgan fingerprint density at radius 3 is 2.29 bits per heavy atom. The molecule has 0 saturated heterocycles. The zero-order chi connectivity index (χ0) is 15.6. The summed E-state index contributed by atoms with van der Waals surface area (Å²) in [5, 5.41) is 10.3. The van der Waals surface area contributed by atoms with Gasteiger partial charge in [0.15, 0.2) is 0 Å². The molecule has 3 heteroatoms. The van der Waals surface area contributed by atoms with E-state index in [0.29, 0.717) is 12.3 Å². The monoisotopic (exact) mass is 284 g/mol. The van der Waals surface area contributed by atoms with Gasteiger partial charge in [-0.3, -0.25) is 0 Å². The van der Waals surface area contributed by atoms with E-state index in [2.05, 4.69) is 41.0 Å². The van der Waals surface area contributed by atoms with Crippen LogP contribution in [0.1, 0.15) is 11.1 Å². The number of anilines is 1. The summed E-state index contributed by atoms with van der Waals surface area (Å²) in [6, 6.07) is 12.2. The van der Waals surface area contributed by atoms with Crippen molar-refractivity contribution in [2.45, 2.75) is 13.5 Å². The summed E-state index contributed by atoms with van der Waals surface area (Å²) in [5.74, 6) is 0.354. The van der Waals surface area contributed by atoms with Crippen molar-refractivity contribution in [3.63, 3.8) is 0 Å². The molecule has 0 aliphatic rings. The van der Waals surface area contributed by atoms with Crippen LogP contribution in [0.4, 0.5) is 5.69 Å². The summed E-state index contributed by atoms with van der Waals surface area (Å²) in [6.07, 6.45) is 0. The molecule has 0 heterocycles. The number of benzene rings is 2. The second-order valence-corrected chi connectivity index (χ2v) is 5.96. The number of aromatic hydroxyl groups is 1. The van der Waals surface area contributed by atoms with E-state index in [-0.39, 0.29) is 0 Å². The summed E-state index contributed by atoms with van der Waals surface area (Å²) in [6.45, 7) is 2.81. The molecule has 3 nitrogen and oxygen atoms in total. The maximum Gasteiger partial charge on any atom is 0.120 e. The van der Waals surface area contributed by atoms with E-state index < -0.39 is 0 Å². The molecule has 21 heavy (non-hydrogen) atoms. The summed E-state index contributed by atoms with van der Waals surface area (Å²) in [7, 11) is 8.11. The van der Waals surface area contributed by atoms with Crippen molar-refractivity contribution in [1.82, 2.24) is 4.90 Å². The minimum absolute atomic E-state index is 0.354. The number of hydrogen-bond acceptors (Lipinski definition) is 3. The smallest absolute Gasteiger partial charge is 0.120 e. The molecule has 0 amide bonds. The van der Waals surface area contributed by atoms with Crippen molar-refractivity contribution in [2.24, 2.45) is 0 Å². The van der Waals surface area contributed by atoms with E-state index in [1.165, 1.54) is 5.56 Å². The lowest BCUT2D eigenvalue weighted by Gasteiger charge is -2.22. The highest BCUT2D eigenvalue weighted by Crippen LogP contribution is 2.36. The molecule has 2 aromatic carbocycles. The van der Waals surface area contributed by atoms with Crippen molar-refractivity contribution in [1.29, 1.82) is 0 Å². The highest BCUT2D eigenvalue weighted by atomic mass is 16.3. The number of aryl methyl sites for hydroxylation is 1. The lowest BCUT2D eigenvalue weighted by molar-refractivity contribution is 0.386. The van der Waals surface area contributed by atoms with Gasteiger partial charge in [-0.1, -0.05) is 23.8 Å². The van der Waals surface area contributed by atoms with Crippen LogP contribution >= 0.6 is 0 Å². The summed E-state index contributed by atoms with van der Waals surface area (Å²) in [5.41, 5.74) is 5.60. The summed E-state index contributed by atoms with van der Waals surface area (Å²) >= 11 is 0. The Kier molecular flexibility index (Phi) is 4.53. The van der Waals surface area contributed by atoms with Gasteiger partial charge < -0.3 is 14.9 Å². The topological polar surface area (TPSA) is 26.7 Å². The first-order chi connectivity index (χ1) is 9.90. The predicted octanol–water partition coefficient (Wildman–Crippen LogP) is 3.50. The standard InChI is InChI=1S/C18H24N2O/c1-13-9-10-17(20(4)5)15(11-13)14-7-6-8-18(21)16(14)12-19(2)3/h6-11,21H,12H2,1-5H3. The molecular weight excluding hydrogens is 260 g/mol. The third-order valence-electron chi connectivity index (χ3n) is 3.55. The van der Waals surface area contributed by atoms with E-state index in [0.717, 1.165) is 22.4 Å². The Morgan fingerprint density at radius 2 is 1.67 bits per heavy atom. The molecule has 112 valence electrons. The van der Waals surface area contributed by atoms with E-state index >= 15 is 0 Å². The average Bonchev–Trinajstić information content (AvgIpc) is 2.40. The average molecular weight is 284 g/mol. The van der Waals surface area contributed by atoms with Crippen LogP contribution in [-0.2, 0) is 6.54 Å². The summed E-state index contributed by atoms with van der Waals surface area (Å²) < 4.78 is 0. The van der Waals surface area contributed by atoms with Crippen LogP contribution in [0.5, 0.6) is 5.75 Å². The van der Waals surface area contributed by atoms with Crippen LogP contribution in [-0.4, -0.2) is 38.2 Å². The zero-order valence-electron chi connectivity index (χ0n) is 13.5. The number of nitrogens with zero attached hydrogens (tertiary/aromatic N) is 2. The van der Waals surface area contributed by atoms with Crippen molar-refractivity contribution >= 4 is 5.69 Å². The third-order valence-corrected chi connectivity index (χ3v) is 3.55. The molecule has 1 N–H and O–H groups in total. The maximum absolute atomic E-state index is 10.3. The van der Waals surface area contributed by atoms with Crippen molar-refractivity contribution in [3.8, 4) is 16.9 Å². The fraction of sp³-hybridized carbons (Fsp3) is 0.333. The lowest BCUT2D eigenvalue weighted by Crippen LogP contribution is -2.13. The van der Waals surface area contributed by atoms with E-state index in [1.54, 1.807) is 6.07 Å². The van der Waals surface area contributed by atoms with Gasteiger partial charge in [0, 0.05) is 37.5 Å². The molecule has 0 fully saturated rings. The van der Waals surface area contributed by atoms with Crippen LogP contribution < -0.4 is 4.90 Å². The minimum atomic E-state index is 0.354. The Labute approximate surface area is 127 Å². The van der Waals surface area contributed by atoms with Crippen LogP contribution in [0.3, 0.4) is 0 Å². The molecule has 0 saturated carbocycles. The number of phenolic OH excluding ortho intramolecular Hbond substituents is 1. The van der Waals surface area contributed by atoms with Gasteiger partial charge in [-0.05, 0) is 44.8 Å². The van der Waals surface area contributed by atoms with Gasteiger partial charge in [-0.15, -0.1) is 0 Å². The Bertz CT molecular complexity index is 633. The first-order valence-electron chi connectivity index (χ1n) is 7.14. The molecule has 0 unspecified atom stereocenters. The molecule has 0 radical (unpaired) electrons. The van der Waals surface area contributed by atoms with Gasteiger partial charge in [-0.25, -0.2) is 0 Å². The van der Waals surface area contributed by atoms with Crippen LogP contribution in [0.2, 0.25) is 0 Å². The molecule has 2 rings (SSSR count). The molecule has 0 atom stereocenters. The van der Waals surface area contributed by atoms with Crippen LogP contribution in [0.15, 0.2) is 36.4 Å². The molecule has 0 aliphatic heterocycles. The third kappa shape index (κ3) is 3.37.